The molecule has 0 radical (unpaired) electrons. The highest BCUT2D eigenvalue weighted by Crippen LogP contribution is 2.11. The summed E-state index contributed by atoms with van der Waals surface area (Å²) in [5, 5.41) is 4.14. The van der Waals surface area contributed by atoms with Crippen LogP contribution in [0.4, 0.5) is 4.39 Å². The second-order valence-electron chi connectivity index (χ2n) is 3.51. The van der Waals surface area contributed by atoms with Crippen LogP contribution in [-0.4, -0.2) is 19.7 Å². The third-order valence-electron chi connectivity index (χ3n) is 1.98. The minimum absolute atomic E-state index is 0.178. The monoisotopic (exact) mass is 206 g/mol. The molecule has 15 heavy (non-hydrogen) atoms. The highest BCUT2D eigenvalue weighted by atomic mass is 19.1. The quantitative estimate of drug-likeness (QED) is 0.754. The minimum Gasteiger partial charge on any atom is -0.235 e. The fourth-order valence-corrected chi connectivity index (χ4v) is 1.19. The van der Waals surface area contributed by atoms with Crippen molar-refractivity contribution in [2.24, 2.45) is 0 Å². The van der Waals surface area contributed by atoms with Crippen LogP contribution in [-0.2, 0) is 0 Å². The molecule has 0 aliphatic carbocycles. The van der Waals surface area contributed by atoms with Gasteiger partial charge in [0.15, 0.2) is 17.5 Å². The van der Waals surface area contributed by atoms with Gasteiger partial charge in [0.25, 0.3) is 0 Å². The molecule has 2 aromatic rings. The lowest BCUT2D eigenvalue weighted by atomic mass is 10.2. The van der Waals surface area contributed by atoms with Gasteiger partial charge in [-0.05, 0) is 12.1 Å². The van der Waals surface area contributed by atoms with Crippen molar-refractivity contribution in [1.29, 1.82) is 0 Å². The van der Waals surface area contributed by atoms with Crippen LogP contribution in [0.25, 0.3) is 5.82 Å². The van der Waals surface area contributed by atoms with E-state index in [1.165, 1.54) is 23.3 Å². The van der Waals surface area contributed by atoms with Crippen molar-refractivity contribution in [2.45, 2.75) is 19.8 Å². The molecule has 2 rings (SSSR count). The van der Waals surface area contributed by atoms with Crippen molar-refractivity contribution in [3.8, 4) is 5.82 Å². The van der Waals surface area contributed by atoms with Crippen LogP contribution in [0.15, 0.2) is 24.7 Å². The Morgan fingerprint density at radius 3 is 2.73 bits per heavy atom. The number of hydrogen-bond acceptors (Lipinski definition) is 3. The van der Waals surface area contributed by atoms with Crippen molar-refractivity contribution in [3.63, 3.8) is 0 Å². The molecule has 0 saturated heterocycles. The summed E-state index contributed by atoms with van der Waals surface area (Å²) in [6, 6.07) is 2.89. The van der Waals surface area contributed by atoms with Gasteiger partial charge in [-0.2, -0.15) is 4.68 Å². The third kappa shape index (κ3) is 1.86. The molecule has 0 atom stereocenters. The smallest absolute Gasteiger partial charge is 0.191 e. The fourth-order valence-electron chi connectivity index (χ4n) is 1.19. The van der Waals surface area contributed by atoms with Gasteiger partial charge >= 0.3 is 0 Å². The van der Waals surface area contributed by atoms with E-state index in [4.69, 9.17) is 0 Å². The lowest BCUT2D eigenvalue weighted by Gasteiger charge is -2.00. The van der Waals surface area contributed by atoms with Gasteiger partial charge in [-0.25, -0.2) is 14.4 Å². The topological polar surface area (TPSA) is 43.6 Å². The molecule has 0 unspecified atom stereocenters. The van der Waals surface area contributed by atoms with Crippen LogP contribution in [0.1, 0.15) is 25.6 Å². The Bertz CT molecular complexity index is 464. The molecule has 0 fully saturated rings. The number of rotatable bonds is 2. The average Bonchev–Trinajstić information content (AvgIpc) is 2.67. The normalized spacial score (nSPS) is 10.9. The van der Waals surface area contributed by atoms with E-state index in [2.05, 4.69) is 15.1 Å². The summed E-state index contributed by atoms with van der Waals surface area (Å²) in [5.74, 6) is 0.674. The van der Waals surface area contributed by atoms with Crippen LogP contribution in [0.5, 0.6) is 0 Å². The first-order valence-corrected chi connectivity index (χ1v) is 4.71. The SMILES string of the molecule is CC(C)c1ncn(-c2ncccc2F)n1. The van der Waals surface area contributed by atoms with E-state index in [9.17, 15) is 4.39 Å². The Morgan fingerprint density at radius 1 is 1.33 bits per heavy atom. The van der Waals surface area contributed by atoms with Gasteiger partial charge < -0.3 is 0 Å². The van der Waals surface area contributed by atoms with Gasteiger partial charge in [0.2, 0.25) is 0 Å². The minimum atomic E-state index is -0.405. The summed E-state index contributed by atoms with van der Waals surface area (Å²) in [6.07, 6.45) is 3.00. The molecular formula is C10H11FN4. The zero-order chi connectivity index (χ0) is 10.8. The highest BCUT2D eigenvalue weighted by Gasteiger charge is 2.09. The van der Waals surface area contributed by atoms with E-state index in [1.807, 2.05) is 13.8 Å². The zero-order valence-corrected chi connectivity index (χ0v) is 8.55. The maximum absolute atomic E-state index is 13.3. The lowest BCUT2D eigenvalue weighted by molar-refractivity contribution is 0.598. The van der Waals surface area contributed by atoms with Crippen molar-refractivity contribution in [1.82, 2.24) is 19.7 Å². The predicted octanol–water partition coefficient (Wildman–Crippen LogP) is 1.92. The summed E-state index contributed by atoms with van der Waals surface area (Å²) in [4.78, 5) is 7.99. The molecule has 0 aliphatic heterocycles. The Hall–Kier alpha value is -1.78. The van der Waals surface area contributed by atoms with E-state index in [1.54, 1.807) is 6.07 Å². The van der Waals surface area contributed by atoms with E-state index in [0.717, 1.165) is 0 Å². The first kappa shape index (κ1) is 9.76. The largest absolute Gasteiger partial charge is 0.235 e. The summed E-state index contributed by atoms with van der Waals surface area (Å²) >= 11 is 0. The standard InChI is InChI=1S/C10H11FN4/c1-7(2)9-13-6-15(14-9)10-8(11)4-3-5-12-10/h3-7H,1-2H3. The summed E-state index contributed by atoms with van der Waals surface area (Å²) < 4.78 is 14.7. The summed E-state index contributed by atoms with van der Waals surface area (Å²) in [5.41, 5.74) is 0. The number of nitrogens with zero attached hydrogens (tertiary/aromatic N) is 4. The van der Waals surface area contributed by atoms with E-state index < -0.39 is 5.82 Å². The molecule has 0 N–H and O–H groups in total. The average molecular weight is 206 g/mol. The van der Waals surface area contributed by atoms with Crippen molar-refractivity contribution >= 4 is 0 Å². The van der Waals surface area contributed by atoms with Crippen LogP contribution >= 0.6 is 0 Å². The highest BCUT2D eigenvalue weighted by molar-refractivity contribution is 5.21. The second kappa shape index (κ2) is 3.76. The Balaban J connectivity index is 2.42. The molecule has 78 valence electrons. The molecule has 4 nitrogen and oxygen atoms in total. The van der Waals surface area contributed by atoms with Crippen LogP contribution < -0.4 is 0 Å². The molecule has 0 amide bonds. The van der Waals surface area contributed by atoms with Crippen LogP contribution in [0.2, 0.25) is 0 Å². The maximum Gasteiger partial charge on any atom is 0.191 e. The van der Waals surface area contributed by atoms with Crippen molar-refractivity contribution < 1.29 is 4.39 Å². The van der Waals surface area contributed by atoms with E-state index >= 15 is 0 Å². The molecule has 0 aliphatic rings. The molecule has 5 heteroatoms. The summed E-state index contributed by atoms with van der Waals surface area (Å²) in [6.45, 7) is 3.96. The van der Waals surface area contributed by atoms with Gasteiger partial charge in [0.1, 0.15) is 6.33 Å². The Labute approximate surface area is 86.8 Å². The molecule has 2 aromatic heterocycles. The van der Waals surface area contributed by atoms with Gasteiger partial charge in [-0.1, -0.05) is 13.8 Å². The van der Waals surface area contributed by atoms with Gasteiger partial charge in [-0.3, -0.25) is 0 Å². The molecule has 0 spiro atoms. The predicted molar refractivity (Wildman–Crippen MR) is 53.2 cm³/mol. The zero-order valence-electron chi connectivity index (χ0n) is 8.55. The molecule has 0 aromatic carbocycles. The van der Waals surface area contributed by atoms with E-state index in [-0.39, 0.29) is 11.7 Å². The van der Waals surface area contributed by atoms with Crippen LogP contribution in [0, 0.1) is 5.82 Å². The second-order valence-corrected chi connectivity index (χ2v) is 3.51. The maximum atomic E-state index is 13.3. The van der Waals surface area contributed by atoms with Crippen molar-refractivity contribution in [2.75, 3.05) is 0 Å². The fraction of sp³-hybridized carbons (Fsp3) is 0.300. The van der Waals surface area contributed by atoms with Crippen LogP contribution in [0.3, 0.4) is 0 Å². The van der Waals surface area contributed by atoms with Crippen molar-refractivity contribution in [3.05, 3.63) is 36.3 Å². The number of hydrogen-bond donors (Lipinski definition) is 0. The lowest BCUT2D eigenvalue weighted by Crippen LogP contribution is -2.02. The molecular weight excluding hydrogens is 195 g/mol. The first-order valence-electron chi connectivity index (χ1n) is 4.71. The Morgan fingerprint density at radius 2 is 2.13 bits per heavy atom. The molecule has 2 heterocycles. The molecule has 0 saturated carbocycles. The van der Waals surface area contributed by atoms with E-state index in [0.29, 0.717) is 5.82 Å². The molecule has 0 bridgehead atoms. The number of halogens is 1. The van der Waals surface area contributed by atoms with Gasteiger partial charge in [0.05, 0.1) is 0 Å². The summed E-state index contributed by atoms with van der Waals surface area (Å²) in [7, 11) is 0. The van der Waals surface area contributed by atoms with Gasteiger partial charge in [0, 0.05) is 12.1 Å². The third-order valence-corrected chi connectivity index (χ3v) is 1.98. The van der Waals surface area contributed by atoms with Gasteiger partial charge in [-0.15, -0.1) is 5.10 Å². The Kier molecular flexibility index (Phi) is 2.45. The first-order chi connectivity index (χ1) is 7.18. The number of pyridine rings is 1. The number of aromatic nitrogens is 4.